The second kappa shape index (κ2) is 6.78. The molecule has 0 radical (unpaired) electrons. The molecule has 2 amide bonds. The minimum absolute atomic E-state index is 0.134. The number of anilines is 1. The highest BCUT2D eigenvalue weighted by Gasteiger charge is 2.09. The summed E-state index contributed by atoms with van der Waals surface area (Å²) in [5.74, 6) is 0. The van der Waals surface area contributed by atoms with Crippen LogP contribution in [0.1, 0.15) is 13.3 Å². The molecule has 0 aliphatic heterocycles. The van der Waals surface area contributed by atoms with Crippen LogP contribution in [0.2, 0.25) is 10.0 Å². The van der Waals surface area contributed by atoms with E-state index in [4.69, 9.17) is 41.2 Å². The maximum atomic E-state index is 11.6. The average molecular weight is 306 g/mol. The number of amides is 2. The third-order valence-corrected chi connectivity index (χ3v) is 2.97. The molecular weight excluding hydrogens is 293 g/mol. The maximum Gasteiger partial charge on any atom is 0.319 e. The van der Waals surface area contributed by atoms with Crippen LogP contribution in [0, 0.1) is 0 Å². The lowest BCUT2D eigenvalue weighted by atomic mass is 10.2. The zero-order valence-electron chi connectivity index (χ0n) is 9.67. The Morgan fingerprint density at radius 2 is 2.11 bits per heavy atom. The maximum absolute atomic E-state index is 11.6. The minimum atomic E-state index is -0.350. The zero-order chi connectivity index (χ0) is 13.7. The van der Waals surface area contributed by atoms with Gasteiger partial charge >= 0.3 is 6.03 Å². The fourth-order valence-electron chi connectivity index (χ4n) is 1.32. The number of nitrogens with one attached hydrogen (secondary N) is 2. The summed E-state index contributed by atoms with van der Waals surface area (Å²) in [5.41, 5.74) is 5.95. The van der Waals surface area contributed by atoms with Crippen molar-refractivity contribution in [1.29, 1.82) is 0 Å². The number of hydrogen-bond acceptors (Lipinski definition) is 2. The number of benzene rings is 1. The molecule has 0 saturated carbocycles. The SMILES string of the molecule is CC(CC(N)=S)NC(=O)Nc1ccc(Cl)c(Cl)c1. The molecule has 98 valence electrons. The van der Waals surface area contributed by atoms with Crippen LogP contribution in [0.5, 0.6) is 0 Å². The molecule has 0 aliphatic carbocycles. The standard InChI is InChI=1S/C11H13Cl2N3OS/c1-6(4-10(14)18)15-11(17)16-7-2-3-8(12)9(13)5-7/h2-3,5-6H,4H2,1H3,(H2,14,18)(H2,15,16,17). The molecule has 1 rings (SSSR count). The molecule has 7 heteroatoms. The lowest BCUT2D eigenvalue weighted by Gasteiger charge is -2.14. The summed E-state index contributed by atoms with van der Waals surface area (Å²) >= 11 is 16.4. The van der Waals surface area contributed by atoms with E-state index in [2.05, 4.69) is 10.6 Å². The summed E-state index contributed by atoms with van der Waals surface area (Å²) in [7, 11) is 0. The molecule has 0 aliphatic rings. The Labute approximate surface area is 121 Å². The number of halogens is 2. The number of nitrogens with two attached hydrogens (primary N) is 1. The highest BCUT2D eigenvalue weighted by atomic mass is 35.5. The van der Waals surface area contributed by atoms with E-state index in [0.29, 0.717) is 27.1 Å². The monoisotopic (exact) mass is 305 g/mol. The summed E-state index contributed by atoms with van der Waals surface area (Å²) in [6, 6.07) is 4.36. The Morgan fingerprint density at radius 3 is 2.67 bits per heavy atom. The fraction of sp³-hybridized carbons (Fsp3) is 0.273. The number of hydrogen-bond donors (Lipinski definition) is 3. The molecular formula is C11H13Cl2N3OS. The number of carbonyl (C=O) groups excluding carboxylic acids is 1. The number of rotatable bonds is 4. The highest BCUT2D eigenvalue weighted by molar-refractivity contribution is 7.80. The summed E-state index contributed by atoms with van der Waals surface area (Å²) in [5, 5.41) is 6.15. The van der Waals surface area contributed by atoms with Crippen LogP contribution in [0.3, 0.4) is 0 Å². The van der Waals surface area contributed by atoms with E-state index in [1.54, 1.807) is 18.2 Å². The van der Waals surface area contributed by atoms with E-state index in [1.165, 1.54) is 0 Å². The Morgan fingerprint density at radius 1 is 1.44 bits per heavy atom. The van der Waals surface area contributed by atoms with E-state index >= 15 is 0 Å². The molecule has 1 aromatic rings. The second-order valence-corrected chi connectivity index (χ2v) is 5.14. The highest BCUT2D eigenvalue weighted by Crippen LogP contribution is 2.24. The van der Waals surface area contributed by atoms with Crippen molar-refractivity contribution in [3.05, 3.63) is 28.2 Å². The molecule has 1 atom stereocenters. The Hall–Kier alpha value is -1.04. The molecule has 4 nitrogen and oxygen atoms in total. The van der Waals surface area contributed by atoms with Gasteiger partial charge in [-0.15, -0.1) is 0 Å². The van der Waals surface area contributed by atoms with Gasteiger partial charge in [-0.1, -0.05) is 35.4 Å². The van der Waals surface area contributed by atoms with Gasteiger partial charge in [0.1, 0.15) is 0 Å². The molecule has 0 bridgehead atoms. The van der Waals surface area contributed by atoms with Crippen molar-refractivity contribution in [3.63, 3.8) is 0 Å². The summed E-state index contributed by atoms with van der Waals surface area (Å²) in [4.78, 5) is 12.0. The predicted molar refractivity (Wildman–Crippen MR) is 79.5 cm³/mol. The first kappa shape index (κ1) is 15.0. The molecule has 0 saturated heterocycles. The quantitative estimate of drug-likeness (QED) is 0.748. The molecule has 1 unspecified atom stereocenters. The number of carbonyl (C=O) groups is 1. The predicted octanol–water partition coefficient (Wildman–Crippen LogP) is 3.18. The van der Waals surface area contributed by atoms with Crippen LogP contribution in [0.15, 0.2) is 18.2 Å². The smallest absolute Gasteiger partial charge is 0.319 e. The lowest BCUT2D eigenvalue weighted by molar-refractivity contribution is 0.249. The molecule has 18 heavy (non-hydrogen) atoms. The number of thiocarbonyl (C=S) groups is 1. The first-order chi connectivity index (χ1) is 8.38. The van der Waals surface area contributed by atoms with Crippen molar-refractivity contribution >= 4 is 52.1 Å². The first-order valence-corrected chi connectivity index (χ1v) is 6.35. The van der Waals surface area contributed by atoms with Crippen LogP contribution >= 0.6 is 35.4 Å². The number of urea groups is 1. The van der Waals surface area contributed by atoms with Gasteiger partial charge in [0, 0.05) is 18.2 Å². The van der Waals surface area contributed by atoms with Crippen LogP contribution in [0.25, 0.3) is 0 Å². The molecule has 0 aromatic heterocycles. The van der Waals surface area contributed by atoms with Crippen molar-refractivity contribution in [2.45, 2.75) is 19.4 Å². The van der Waals surface area contributed by atoms with E-state index in [-0.39, 0.29) is 12.1 Å². The van der Waals surface area contributed by atoms with Crippen molar-refractivity contribution in [3.8, 4) is 0 Å². The van der Waals surface area contributed by atoms with E-state index < -0.39 is 0 Å². The van der Waals surface area contributed by atoms with Gasteiger partial charge in [-0.3, -0.25) is 0 Å². The lowest BCUT2D eigenvalue weighted by Crippen LogP contribution is -2.38. The summed E-state index contributed by atoms with van der Waals surface area (Å²) < 4.78 is 0. The van der Waals surface area contributed by atoms with Crippen molar-refractivity contribution < 1.29 is 4.79 Å². The third kappa shape index (κ3) is 5.08. The minimum Gasteiger partial charge on any atom is -0.393 e. The Kier molecular flexibility index (Phi) is 5.65. The van der Waals surface area contributed by atoms with E-state index in [0.717, 1.165) is 0 Å². The second-order valence-electron chi connectivity index (χ2n) is 3.80. The van der Waals surface area contributed by atoms with E-state index in [9.17, 15) is 4.79 Å². The molecule has 1 aromatic carbocycles. The normalized spacial score (nSPS) is 11.7. The van der Waals surface area contributed by atoms with Crippen molar-refractivity contribution in [2.75, 3.05) is 5.32 Å². The fourth-order valence-corrected chi connectivity index (χ4v) is 1.87. The molecule has 0 spiro atoms. The third-order valence-electron chi connectivity index (χ3n) is 2.06. The summed E-state index contributed by atoms with van der Waals surface area (Å²) in [6.45, 7) is 1.81. The van der Waals surface area contributed by atoms with Gasteiger partial charge in [0.05, 0.1) is 15.0 Å². The molecule has 4 N–H and O–H groups in total. The van der Waals surface area contributed by atoms with Crippen LogP contribution < -0.4 is 16.4 Å². The largest absolute Gasteiger partial charge is 0.393 e. The van der Waals surface area contributed by atoms with Crippen LogP contribution in [-0.4, -0.2) is 17.1 Å². The van der Waals surface area contributed by atoms with Crippen molar-refractivity contribution in [2.24, 2.45) is 5.73 Å². The summed E-state index contributed by atoms with van der Waals surface area (Å²) in [6.07, 6.45) is 0.449. The van der Waals surface area contributed by atoms with Gasteiger partial charge in [-0.25, -0.2) is 4.79 Å². The van der Waals surface area contributed by atoms with E-state index in [1.807, 2.05) is 6.92 Å². The van der Waals surface area contributed by atoms with Gasteiger partial charge in [0.25, 0.3) is 0 Å². The van der Waals surface area contributed by atoms with Crippen molar-refractivity contribution in [1.82, 2.24) is 5.32 Å². The van der Waals surface area contributed by atoms with Crippen LogP contribution in [0.4, 0.5) is 10.5 Å². The molecule has 0 heterocycles. The Bertz CT molecular complexity index is 468. The first-order valence-electron chi connectivity index (χ1n) is 5.19. The topological polar surface area (TPSA) is 67.1 Å². The van der Waals surface area contributed by atoms with Gasteiger partial charge in [-0.05, 0) is 25.1 Å². The molecule has 0 fully saturated rings. The Balaban J connectivity index is 2.54. The van der Waals surface area contributed by atoms with Gasteiger partial charge in [-0.2, -0.15) is 0 Å². The average Bonchev–Trinajstić information content (AvgIpc) is 2.21. The van der Waals surface area contributed by atoms with Gasteiger partial charge < -0.3 is 16.4 Å². The van der Waals surface area contributed by atoms with Crippen LogP contribution in [-0.2, 0) is 0 Å². The van der Waals surface area contributed by atoms with Gasteiger partial charge in [0.2, 0.25) is 0 Å². The van der Waals surface area contributed by atoms with Gasteiger partial charge in [0.15, 0.2) is 0 Å². The zero-order valence-corrected chi connectivity index (χ0v) is 12.0.